The first kappa shape index (κ1) is 19.6. The van der Waals surface area contributed by atoms with E-state index in [1.54, 1.807) is 44.4 Å². The Balaban J connectivity index is 1.97. The molecule has 0 aliphatic rings. The minimum Gasteiger partial charge on any atom is -0.449 e. The van der Waals surface area contributed by atoms with E-state index in [2.05, 4.69) is 0 Å². The average molecular weight is 381 g/mol. The van der Waals surface area contributed by atoms with E-state index >= 15 is 0 Å². The third kappa shape index (κ3) is 4.07. The van der Waals surface area contributed by atoms with Gasteiger partial charge in [0.25, 0.3) is 5.91 Å². The van der Waals surface area contributed by atoms with E-state index in [4.69, 9.17) is 13.9 Å². The number of amides is 1. The van der Waals surface area contributed by atoms with Crippen LogP contribution in [0.15, 0.2) is 59.0 Å². The molecule has 1 heterocycles. The van der Waals surface area contributed by atoms with Gasteiger partial charge in [0.2, 0.25) is 11.9 Å². The number of nitrogens with zero attached hydrogens (tertiary/aromatic N) is 1. The van der Waals surface area contributed by atoms with Crippen LogP contribution in [-0.2, 0) is 20.9 Å². The number of hydrogen-bond donors (Lipinski definition) is 0. The van der Waals surface area contributed by atoms with Crippen LogP contribution in [0.25, 0.3) is 11.0 Å². The fourth-order valence-corrected chi connectivity index (χ4v) is 2.90. The maximum atomic E-state index is 13.0. The van der Waals surface area contributed by atoms with Gasteiger partial charge in [0.15, 0.2) is 0 Å². The zero-order chi connectivity index (χ0) is 20.1. The Morgan fingerprint density at radius 1 is 1.04 bits per heavy atom. The van der Waals surface area contributed by atoms with Crippen molar-refractivity contribution >= 4 is 22.8 Å². The zero-order valence-corrected chi connectivity index (χ0v) is 16.2. The molecule has 1 atom stereocenters. The van der Waals surface area contributed by atoms with Crippen LogP contribution >= 0.6 is 0 Å². The molecule has 1 aromatic heterocycles. The fourth-order valence-electron chi connectivity index (χ4n) is 2.90. The number of carbonyl (C=O) groups excluding carboxylic acids is 2. The second-order valence-corrected chi connectivity index (χ2v) is 6.47. The molecule has 146 valence electrons. The molecule has 1 amide bonds. The highest BCUT2D eigenvalue weighted by atomic mass is 16.6. The van der Waals surface area contributed by atoms with E-state index < -0.39 is 12.1 Å². The molecule has 6 nitrogen and oxygen atoms in total. The van der Waals surface area contributed by atoms with Crippen molar-refractivity contribution in [2.75, 3.05) is 20.7 Å². The van der Waals surface area contributed by atoms with E-state index in [9.17, 15) is 9.59 Å². The molecule has 0 saturated carbocycles. The number of esters is 1. The molecular weight excluding hydrogens is 358 g/mol. The molecule has 0 spiro atoms. The van der Waals surface area contributed by atoms with E-state index in [0.29, 0.717) is 23.3 Å². The van der Waals surface area contributed by atoms with E-state index in [1.165, 1.54) is 4.90 Å². The Morgan fingerprint density at radius 2 is 1.71 bits per heavy atom. The molecule has 0 bridgehead atoms. The van der Waals surface area contributed by atoms with Gasteiger partial charge in [-0.3, -0.25) is 4.79 Å². The lowest BCUT2D eigenvalue weighted by Gasteiger charge is -2.21. The van der Waals surface area contributed by atoms with Crippen molar-refractivity contribution < 1.29 is 23.5 Å². The first-order valence-corrected chi connectivity index (χ1v) is 9.08. The predicted molar refractivity (Wildman–Crippen MR) is 105 cm³/mol. The van der Waals surface area contributed by atoms with Gasteiger partial charge in [-0.2, -0.15) is 0 Å². The molecule has 6 heteroatoms. The Labute approximate surface area is 163 Å². The van der Waals surface area contributed by atoms with Crippen LogP contribution in [0.3, 0.4) is 0 Å². The number of furan rings is 1. The van der Waals surface area contributed by atoms with Gasteiger partial charge in [0.1, 0.15) is 5.58 Å². The highest BCUT2D eigenvalue weighted by molar-refractivity contribution is 5.97. The predicted octanol–water partition coefficient (Wildman–Crippen LogP) is 3.96. The van der Waals surface area contributed by atoms with Crippen LogP contribution in [0, 0.1) is 0 Å². The SMILES string of the molecule is CCOCc1c(C(=O)O[C@H](C(=O)N(C)C)c2ccccc2)oc2ccccc12. The largest absolute Gasteiger partial charge is 0.449 e. The number of hydrogen-bond acceptors (Lipinski definition) is 5. The summed E-state index contributed by atoms with van der Waals surface area (Å²) in [5.41, 5.74) is 1.78. The van der Waals surface area contributed by atoms with Gasteiger partial charge in [0.05, 0.1) is 6.61 Å². The minimum atomic E-state index is -1.06. The maximum Gasteiger partial charge on any atom is 0.375 e. The van der Waals surface area contributed by atoms with Gasteiger partial charge >= 0.3 is 5.97 Å². The van der Waals surface area contributed by atoms with Crippen LogP contribution in [0.4, 0.5) is 0 Å². The number of para-hydroxylation sites is 1. The summed E-state index contributed by atoms with van der Waals surface area (Å²) in [7, 11) is 3.24. The lowest BCUT2D eigenvalue weighted by molar-refractivity contribution is -0.138. The van der Waals surface area contributed by atoms with Crippen molar-refractivity contribution in [3.05, 3.63) is 71.5 Å². The monoisotopic (exact) mass is 381 g/mol. The summed E-state index contributed by atoms with van der Waals surface area (Å²) in [6, 6.07) is 16.3. The number of rotatable bonds is 7. The van der Waals surface area contributed by atoms with Crippen molar-refractivity contribution in [2.45, 2.75) is 19.6 Å². The van der Waals surface area contributed by atoms with E-state index in [-0.39, 0.29) is 18.3 Å². The molecule has 0 unspecified atom stereocenters. The van der Waals surface area contributed by atoms with Gasteiger partial charge in [-0.25, -0.2) is 4.79 Å². The number of benzene rings is 2. The summed E-state index contributed by atoms with van der Waals surface area (Å²) in [6.07, 6.45) is -1.06. The Morgan fingerprint density at radius 3 is 2.39 bits per heavy atom. The van der Waals surface area contributed by atoms with Crippen LogP contribution in [0.5, 0.6) is 0 Å². The maximum absolute atomic E-state index is 13.0. The zero-order valence-electron chi connectivity index (χ0n) is 16.2. The van der Waals surface area contributed by atoms with Crippen LogP contribution in [0.2, 0.25) is 0 Å². The third-order valence-corrected chi connectivity index (χ3v) is 4.33. The summed E-state index contributed by atoms with van der Waals surface area (Å²) in [6.45, 7) is 2.59. The fraction of sp³-hybridized carbons (Fsp3) is 0.273. The Kier molecular flexibility index (Phi) is 6.11. The summed E-state index contributed by atoms with van der Waals surface area (Å²) < 4.78 is 16.9. The topological polar surface area (TPSA) is 69.0 Å². The van der Waals surface area contributed by atoms with Crippen molar-refractivity contribution in [2.24, 2.45) is 0 Å². The number of likely N-dealkylation sites (N-methyl/N-ethyl adjacent to an activating group) is 1. The first-order chi connectivity index (χ1) is 13.5. The number of ether oxygens (including phenoxy) is 2. The molecule has 0 radical (unpaired) electrons. The van der Waals surface area contributed by atoms with Gasteiger partial charge in [-0.05, 0) is 13.0 Å². The molecule has 0 saturated heterocycles. The quantitative estimate of drug-likeness (QED) is 0.580. The van der Waals surface area contributed by atoms with Gasteiger partial charge in [-0.1, -0.05) is 48.5 Å². The van der Waals surface area contributed by atoms with Crippen LogP contribution in [0.1, 0.15) is 34.7 Å². The highest BCUT2D eigenvalue weighted by Crippen LogP contribution is 2.29. The average Bonchev–Trinajstić information content (AvgIpc) is 3.09. The second kappa shape index (κ2) is 8.71. The van der Waals surface area contributed by atoms with E-state index in [0.717, 1.165) is 5.39 Å². The molecule has 2 aromatic carbocycles. The third-order valence-electron chi connectivity index (χ3n) is 4.33. The van der Waals surface area contributed by atoms with Crippen molar-refractivity contribution in [3.8, 4) is 0 Å². The summed E-state index contributed by atoms with van der Waals surface area (Å²) in [5, 5.41) is 0.790. The Bertz CT molecular complexity index is 961. The van der Waals surface area contributed by atoms with Crippen LogP contribution in [-0.4, -0.2) is 37.5 Å². The lowest BCUT2D eigenvalue weighted by Crippen LogP contribution is -2.31. The minimum absolute atomic E-state index is 0.0575. The molecule has 3 rings (SSSR count). The first-order valence-electron chi connectivity index (χ1n) is 9.08. The summed E-state index contributed by atoms with van der Waals surface area (Å²) >= 11 is 0. The summed E-state index contributed by atoms with van der Waals surface area (Å²) in [4.78, 5) is 27.0. The van der Waals surface area contributed by atoms with Crippen LogP contribution < -0.4 is 0 Å². The number of fused-ring (bicyclic) bond motifs is 1. The van der Waals surface area contributed by atoms with Crippen molar-refractivity contribution in [1.82, 2.24) is 4.90 Å². The van der Waals surface area contributed by atoms with E-state index in [1.807, 2.05) is 31.2 Å². The van der Waals surface area contributed by atoms with Crippen molar-refractivity contribution in [1.29, 1.82) is 0 Å². The second-order valence-electron chi connectivity index (χ2n) is 6.47. The highest BCUT2D eigenvalue weighted by Gasteiger charge is 2.30. The molecule has 3 aromatic rings. The smallest absolute Gasteiger partial charge is 0.375 e. The molecule has 0 N–H and O–H groups in total. The molecule has 0 fully saturated rings. The van der Waals surface area contributed by atoms with Gasteiger partial charge < -0.3 is 18.8 Å². The van der Waals surface area contributed by atoms with Crippen molar-refractivity contribution in [3.63, 3.8) is 0 Å². The summed E-state index contributed by atoms with van der Waals surface area (Å²) in [5.74, 6) is -0.973. The standard InChI is InChI=1S/C22H23NO5/c1-4-26-14-17-16-12-8-9-13-18(16)27-20(17)22(25)28-19(21(24)23(2)3)15-10-6-5-7-11-15/h5-13,19H,4,14H2,1-3H3/t19-/m0/s1. The molecular formula is C22H23NO5. The van der Waals surface area contributed by atoms with Gasteiger partial charge in [0, 0.05) is 37.2 Å². The lowest BCUT2D eigenvalue weighted by atomic mass is 10.1. The normalized spacial score (nSPS) is 12.0. The van der Waals surface area contributed by atoms with Gasteiger partial charge in [-0.15, -0.1) is 0 Å². The number of carbonyl (C=O) groups is 2. The molecule has 28 heavy (non-hydrogen) atoms. The Hall–Kier alpha value is -3.12. The molecule has 0 aliphatic carbocycles. The molecule has 0 aliphatic heterocycles.